The molecule has 0 unspecified atom stereocenters. The van der Waals surface area contributed by atoms with E-state index >= 15 is 0 Å². The zero-order valence-corrected chi connectivity index (χ0v) is 34.9. The third kappa shape index (κ3) is 11.2. The Kier molecular flexibility index (Phi) is 15.6. The van der Waals surface area contributed by atoms with Gasteiger partial charge in [0.2, 0.25) is 0 Å². The summed E-state index contributed by atoms with van der Waals surface area (Å²) in [5.41, 5.74) is -2.17. The molecular weight excluding hydrogens is 652 g/mol. The Labute approximate surface area is 318 Å². The van der Waals surface area contributed by atoms with Gasteiger partial charge in [0.15, 0.2) is 0 Å². The van der Waals surface area contributed by atoms with Crippen molar-refractivity contribution >= 4 is 11.9 Å². The van der Waals surface area contributed by atoms with Crippen LogP contribution in [0.1, 0.15) is 216 Å². The predicted molar refractivity (Wildman–Crippen MR) is 210 cm³/mol. The highest BCUT2D eigenvalue weighted by Crippen LogP contribution is 2.59. The van der Waals surface area contributed by atoms with E-state index in [1.54, 1.807) is 0 Å². The van der Waals surface area contributed by atoms with E-state index in [0.29, 0.717) is 12.8 Å². The summed E-state index contributed by atoms with van der Waals surface area (Å²) >= 11 is 0. The lowest BCUT2D eigenvalue weighted by atomic mass is 9.52. The fraction of sp³-hybridized carbons (Fsp3) is 0.955. The van der Waals surface area contributed by atoms with Crippen molar-refractivity contribution in [3.05, 3.63) is 0 Å². The quantitative estimate of drug-likeness (QED) is 0.161. The summed E-state index contributed by atoms with van der Waals surface area (Å²) in [5.74, 6) is -1.38. The smallest absolute Gasteiger partial charge is 0.310 e. The van der Waals surface area contributed by atoms with Gasteiger partial charge in [0.05, 0.1) is 17.6 Å². The molecule has 2 aliphatic carbocycles. The number of hydrogen-bond acceptors (Lipinski definition) is 6. The van der Waals surface area contributed by atoms with E-state index in [9.17, 15) is 14.7 Å². The maximum atomic E-state index is 14.3. The van der Waals surface area contributed by atoms with Crippen molar-refractivity contribution in [2.45, 2.75) is 250 Å². The first-order valence-corrected chi connectivity index (χ1v) is 21.8. The Morgan fingerprint density at radius 2 is 0.865 bits per heavy atom. The van der Waals surface area contributed by atoms with Crippen LogP contribution in [-0.2, 0) is 19.3 Å². The average molecular weight is 733 g/mol. The lowest BCUT2D eigenvalue weighted by molar-refractivity contribution is -0.328. The molecule has 8 nitrogen and oxygen atoms in total. The molecule has 4 fully saturated rings. The van der Waals surface area contributed by atoms with Crippen LogP contribution in [0.3, 0.4) is 0 Å². The SMILES string of the molecule is CC1(C)CC(C(CCCCCCCC(=O)O)(C(=O)O)C2CC(C)(C)N(OC3CCCCCCC3)C(C)(C)C2)CC(C)(C)N1OC1CCCCCCC1. The molecule has 0 aromatic heterocycles. The van der Waals surface area contributed by atoms with Gasteiger partial charge in [-0.2, -0.15) is 10.1 Å². The zero-order chi connectivity index (χ0) is 38.2. The molecule has 0 aromatic carbocycles. The average Bonchev–Trinajstić information content (AvgIpc) is 2.98. The Hall–Kier alpha value is -1.22. The van der Waals surface area contributed by atoms with Crippen LogP contribution in [-0.4, -0.2) is 66.6 Å². The van der Waals surface area contributed by atoms with E-state index in [1.807, 2.05) is 0 Å². The summed E-state index contributed by atoms with van der Waals surface area (Å²) in [4.78, 5) is 39.4. The van der Waals surface area contributed by atoms with Gasteiger partial charge in [-0.3, -0.25) is 19.3 Å². The van der Waals surface area contributed by atoms with Crippen LogP contribution < -0.4 is 0 Å². The van der Waals surface area contributed by atoms with Gasteiger partial charge < -0.3 is 10.2 Å². The molecule has 2 saturated heterocycles. The van der Waals surface area contributed by atoms with Crippen LogP contribution in [0.25, 0.3) is 0 Å². The lowest BCUT2D eigenvalue weighted by Gasteiger charge is -2.62. The summed E-state index contributed by atoms with van der Waals surface area (Å²) in [6.45, 7) is 18.3. The highest BCUT2D eigenvalue weighted by molar-refractivity contribution is 5.76. The number of piperidine rings is 2. The van der Waals surface area contributed by atoms with Crippen LogP contribution in [0, 0.1) is 17.3 Å². The fourth-order valence-electron chi connectivity index (χ4n) is 11.6. The Morgan fingerprint density at radius 3 is 1.21 bits per heavy atom. The van der Waals surface area contributed by atoms with Crippen molar-refractivity contribution in [2.24, 2.45) is 17.3 Å². The number of unbranched alkanes of at least 4 members (excludes halogenated alkanes) is 4. The van der Waals surface area contributed by atoms with Crippen LogP contribution in [0.2, 0.25) is 0 Å². The number of aliphatic carboxylic acids is 2. The van der Waals surface area contributed by atoms with Crippen molar-refractivity contribution < 1.29 is 29.5 Å². The van der Waals surface area contributed by atoms with E-state index in [2.05, 4.69) is 65.5 Å². The molecule has 0 atom stereocenters. The number of nitrogens with zero attached hydrogens (tertiary/aromatic N) is 2. The minimum atomic E-state index is -0.886. The van der Waals surface area contributed by atoms with Crippen molar-refractivity contribution in [2.75, 3.05) is 0 Å². The van der Waals surface area contributed by atoms with E-state index < -0.39 is 17.4 Å². The largest absolute Gasteiger partial charge is 0.481 e. The first kappa shape index (κ1) is 43.5. The van der Waals surface area contributed by atoms with Crippen LogP contribution in [0.5, 0.6) is 0 Å². The maximum Gasteiger partial charge on any atom is 0.310 e. The van der Waals surface area contributed by atoms with Gasteiger partial charge in [0, 0.05) is 28.6 Å². The van der Waals surface area contributed by atoms with Gasteiger partial charge in [-0.15, -0.1) is 0 Å². The minimum absolute atomic E-state index is 0.00568. The van der Waals surface area contributed by atoms with Crippen LogP contribution >= 0.6 is 0 Å². The van der Waals surface area contributed by atoms with E-state index in [1.165, 1.54) is 64.2 Å². The molecule has 52 heavy (non-hydrogen) atoms. The minimum Gasteiger partial charge on any atom is -0.481 e. The number of carbonyl (C=O) groups is 2. The van der Waals surface area contributed by atoms with Crippen LogP contribution in [0.15, 0.2) is 0 Å². The van der Waals surface area contributed by atoms with Gasteiger partial charge in [0.1, 0.15) is 0 Å². The summed E-state index contributed by atoms with van der Waals surface area (Å²) in [5, 5.41) is 25.5. The molecule has 4 aliphatic rings. The molecular formula is C44H80N2O6. The summed E-state index contributed by atoms with van der Waals surface area (Å²) in [6, 6.07) is 0. The highest BCUT2D eigenvalue weighted by atomic mass is 16.7. The molecule has 0 spiro atoms. The number of hydroxylamine groups is 4. The third-order valence-corrected chi connectivity index (χ3v) is 13.6. The molecule has 4 rings (SSSR count). The second-order valence-electron chi connectivity index (χ2n) is 20.2. The molecule has 0 radical (unpaired) electrons. The molecule has 8 heteroatoms. The first-order chi connectivity index (χ1) is 24.4. The Bertz CT molecular complexity index is 1020. The van der Waals surface area contributed by atoms with Crippen molar-refractivity contribution in [1.82, 2.24) is 10.1 Å². The van der Waals surface area contributed by atoms with Gasteiger partial charge in [-0.05, 0) is 131 Å². The summed E-state index contributed by atoms with van der Waals surface area (Å²) in [7, 11) is 0. The number of rotatable bonds is 15. The molecule has 0 aromatic rings. The molecule has 2 heterocycles. The summed E-state index contributed by atoms with van der Waals surface area (Å²) < 4.78 is 0. The number of carboxylic acid groups (broad SMARTS) is 2. The monoisotopic (exact) mass is 733 g/mol. The first-order valence-electron chi connectivity index (χ1n) is 21.8. The lowest BCUT2D eigenvalue weighted by Crippen LogP contribution is -2.67. The van der Waals surface area contributed by atoms with Gasteiger partial charge in [-0.1, -0.05) is 89.9 Å². The normalized spacial score (nSPS) is 26.2. The fourth-order valence-corrected chi connectivity index (χ4v) is 11.6. The molecule has 302 valence electrons. The molecule has 2 aliphatic heterocycles. The number of hydrogen-bond donors (Lipinski definition) is 2. The Balaban J connectivity index is 1.62. The number of carboxylic acids is 2. The van der Waals surface area contributed by atoms with Crippen molar-refractivity contribution in [3.63, 3.8) is 0 Å². The van der Waals surface area contributed by atoms with Gasteiger partial charge >= 0.3 is 11.9 Å². The molecule has 2 N–H and O–H groups in total. The van der Waals surface area contributed by atoms with Crippen molar-refractivity contribution in [1.29, 1.82) is 0 Å². The van der Waals surface area contributed by atoms with Crippen molar-refractivity contribution in [3.8, 4) is 0 Å². The topological polar surface area (TPSA) is 99.5 Å². The standard InChI is InChI=1S/C44H80N2O6/c1-40(2)30-34(31-41(3,4)45(40)51-36-24-18-12-9-13-19-25-36)44(39(49)50,29-23-17-11-16-22-28-38(47)48)35-32-42(5,6)46(43(7,8)33-35)52-37-26-20-14-10-15-21-27-37/h34-37H,9-33H2,1-8H3,(H,47,48)(H,49,50). The Morgan fingerprint density at radius 1 is 0.538 bits per heavy atom. The maximum absolute atomic E-state index is 14.3. The van der Waals surface area contributed by atoms with E-state index in [-0.39, 0.29) is 52.6 Å². The van der Waals surface area contributed by atoms with E-state index in [0.717, 1.165) is 77.0 Å². The van der Waals surface area contributed by atoms with E-state index in [4.69, 9.17) is 14.8 Å². The predicted octanol–water partition coefficient (Wildman–Crippen LogP) is 11.5. The molecule has 2 saturated carbocycles. The third-order valence-electron chi connectivity index (χ3n) is 13.6. The summed E-state index contributed by atoms with van der Waals surface area (Å²) in [6.07, 6.45) is 25.8. The molecule has 0 bridgehead atoms. The highest BCUT2D eigenvalue weighted by Gasteiger charge is 2.62. The van der Waals surface area contributed by atoms with Gasteiger partial charge in [-0.25, -0.2) is 0 Å². The second kappa shape index (κ2) is 18.6. The zero-order valence-electron chi connectivity index (χ0n) is 34.9. The second-order valence-corrected chi connectivity index (χ2v) is 20.2. The van der Waals surface area contributed by atoms with Crippen LogP contribution in [0.4, 0.5) is 0 Å². The van der Waals surface area contributed by atoms with Gasteiger partial charge in [0.25, 0.3) is 0 Å². The molecule has 0 amide bonds.